The van der Waals surface area contributed by atoms with Crippen molar-refractivity contribution in [3.05, 3.63) is 23.8 Å². The summed E-state index contributed by atoms with van der Waals surface area (Å²) in [7, 11) is 3.21. The number of ether oxygens (including phenoxy) is 3. The summed E-state index contributed by atoms with van der Waals surface area (Å²) in [5, 5.41) is 2.89. The van der Waals surface area contributed by atoms with Gasteiger partial charge in [-0.3, -0.25) is 14.5 Å². The second-order valence-electron chi connectivity index (χ2n) is 6.56. The zero-order valence-electron chi connectivity index (χ0n) is 17.0. The molecule has 0 radical (unpaired) electrons. The topological polar surface area (TPSA) is 80.3 Å². The van der Waals surface area contributed by atoms with Crippen LogP contribution in [0.15, 0.2) is 18.2 Å². The van der Waals surface area contributed by atoms with Crippen LogP contribution in [0.4, 0.5) is 0 Å². The third-order valence-corrected chi connectivity index (χ3v) is 4.58. The average molecular weight is 393 g/mol. The third-order valence-electron chi connectivity index (χ3n) is 4.58. The predicted molar refractivity (Wildman–Crippen MR) is 106 cm³/mol. The largest absolute Gasteiger partial charge is 0.493 e. The molecule has 1 fully saturated rings. The fourth-order valence-corrected chi connectivity index (χ4v) is 3.07. The standard InChI is InChI=1S/C20H31N3O5/c1-4-28-17-7-6-16(14-18(17)27-3)20(25)23-11-9-22(10-12-23)15-19(24)21-8-5-13-26-2/h6-7,14H,4-5,8-13,15H2,1-3H3,(H,21,24). The van der Waals surface area contributed by atoms with Crippen molar-refractivity contribution in [2.24, 2.45) is 0 Å². The van der Waals surface area contributed by atoms with E-state index >= 15 is 0 Å². The summed E-state index contributed by atoms with van der Waals surface area (Å²) >= 11 is 0. The normalized spacial score (nSPS) is 14.6. The van der Waals surface area contributed by atoms with Crippen LogP contribution in [0.5, 0.6) is 11.5 Å². The molecule has 1 aromatic carbocycles. The lowest BCUT2D eigenvalue weighted by Gasteiger charge is -2.34. The van der Waals surface area contributed by atoms with Gasteiger partial charge in [0.05, 0.1) is 20.3 Å². The van der Waals surface area contributed by atoms with E-state index in [0.717, 1.165) is 6.42 Å². The highest BCUT2D eigenvalue weighted by molar-refractivity contribution is 5.95. The van der Waals surface area contributed by atoms with Gasteiger partial charge < -0.3 is 24.4 Å². The molecule has 28 heavy (non-hydrogen) atoms. The molecule has 1 saturated heterocycles. The number of amides is 2. The second-order valence-corrected chi connectivity index (χ2v) is 6.56. The minimum Gasteiger partial charge on any atom is -0.493 e. The van der Waals surface area contributed by atoms with Crippen LogP contribution in [0.2, 0.25) is 0 Å². The van der Waals surface area contributed by atoms with Crippen molar-refractivity contribution in [3.63, 3.8) is 0 Å². The first-order valence-corrected chi connectivity index (χ1v) is 9.67. The summed E-state index contributed by atoms with van der Waals surface area (Å²) in [5.74, 6) is 1.15. The van der Waals surface area contributed by atoms with Gasteiger partial charge in [-0.2, -0.15) is 0 Å². The molecule has 156 valence electrons. The quantitative estimate of drug-likeness (QED) is 0.598. The summed E-state index contributed by atoms with van der Waals surface area (Å²) < 4.78 is 15.8. The molecule has 8 heteroatoms. The first kappa shape index (κ1) is 22.0. The minimum atomic E-state index is -0.0370. The van der Waals surface area contributed by atoms with Crippen molar-refractivity contribution in [2.45, 2.75) is 13.3 Å². The Balaban J connectivity index is 1.82. The molecule has 8 nitrogen and oxygen atoms in total. The van der Waals surface area contributed by atoms with E-state index in [2.05, 4.69) is 10.2 Å². The number of nitrogens with zero attached hydrogens (tertiary/aromatic N) is 2. The van der Waals surface area contributed by atoms with E-state index in [0.29, 0.717) is 69.5 Å². The van der Waals surface area contributed by atoms with E-state index in [4.69, 9.17) is 14.2 Å². The first-order valence-electron chi connectivity index (χ1n) is 9.67. The Morgan fingerprint density at radius 1 is 1.11 bits per heavy atom. The van der Waals surface area contributed by atoms with E-state index < -0.39 is 0 Å². The number of nitrogens with one attached hydrogen (secondary N) is 1. The summed E-state index contributed by atoms with van der Waals surface area (Å²) in [6, 6.07) is 5.24. The summed E-state index contributed by atoms with van der Waals surface area (Å²) in [4.78, 5) is 28.6. The van der Waals surface area contributed by atoms with Crippen LogP contribution in [-0.4, -0.2) is 88.3 Å². The van der Waals surface area contributed by atoms with Crippen molar-refractivity contribution >= 4 is 11.8 Å². The van der Waals surface area contributed by atoms with Crippen LogP contribution in [0.3, 0.4) is 0 Å². The lowest BCUT2D eigenvalue weighted by Crippen LogP contribution is -2.51. The van der Waals surface area contributed by atoms with Crippen molar-refractivity contribution < 1.29 is 23.8 Å². The molecule has 0 atom stereocenters. The Morgan fingerprint density at radius 2 is 1.86 bits per heavy atom. The zero-order valence-corrected chi connectivity index (χ0v) is 17.0. The Kier molecular flexibility index (Phi) is 9.03. The van der Waals surface area contributed by atoms with E-state index in [1.165, 1.54) is 0 Å². The number of carbonyl (C=O) groups is 2. The van der Waals surface area contributed by atoms with Crippen LogP contribution < -0.4 is 14.8 Å². The van der Waals surface area contributed by atoms with Crippen molar-refractivity contribution in [1.29, 1.82) is 0 Å². The molecular weight excluding hydrogens is 362 g/mol. The van der Waals surface area contributed by atoms with Crippen molar-refractivity contribution in [2.75, 3.05) is 66.7 Å². The van der Waals surface area contributed by atoms with Gasteiger partial charge in [0.15, 0.2) is 11.5 Å². The van der Waals surface area contributed by atoms with Crippen LogP contribution in [-0.2, 0) is 9.53 Å². The van der Waals surface area contributed by atoms with E-state index in [1.54, 1.807) is 32.4 Å². The van der Waals surface area contributed by atoms with Gasteiger partial charge in [0.25, 0.3) is 5.91 Å². The van der Waals surface area contributed by atoms with Crippen LogP contribution >= 0.6 is 0 Å². The van der Waals surface area contributed by atoms with Gasteiger partial charge in [-0.15, -0.1) is 0 Å². The second kappa shape index (κ2) is 11.5. The smallest absolute Gasteiger partial charge is 0.254 e. The molecular formula is C20H31N3O5. The highest BCUT2D eigenvalue weighted by atomic mass is 16.5. The SMILES string of the molecule is CCOc1ccc(C(=O)N2CCN(CC(=O)NCCCOC)CC2)cc1OC. The predicted octanol–water partition coefficient (Wildman–Crippen LogP) is 1.00. The van der Waals surface area contributed by atoms with Crippen LogP contribution in [0.1, 0.15) is 23.7 Å². The summed E-state index contributed by atoms with van der Waals surface area (Å²) in [6.45, 7) is 6.56. The highest BCUT2D eigenvalue weighted by Gasteiger charge is 2.24. The average Bonchev–Trinajstić information content (AvgIpc) is 2.72. The molecule has 1 aliphatic heterocycles. The number of methoxy groups -OCH3 is 2. The van der Waals surface area contributed by atoms with Gasteiger partial charge in [-0.25, -0.2) is 0 Å². The molecule has 0 spiro atoms. The molecule has 0 bridgehead atoms. The Labute approximate surface area is 166 Å². The van der Waals surface area contributed by atoms with Gasteiger partial charge in [0.2, 0.25) is 5.91 Å². The van der Waals surface area contributed by atoms with E-state index in [-0.39, 0.29) is 11.8 Å². The molecule has 1 heterocycles. The molecule has 1 N–H and O–H groups in total. The van der Waals surface area contributed by atoms with Gasteiger partial charge in [0, 0.05) is 52.0 Å². The minimum absolute atomic E-state index is 0.00660. The molecule has 0 saturated carbocycles. The van der Waals surface area contributed by atoms with Crippen LogP contribution in [0, 0.1) is 0 Å². The maximum atomic E-state index is 12.8. The fourth-order valence-electron chi connectivity index (χ4n) is 3.07. The van der Waals surface area contributed by atoms with E-state index in [1.807, 2.05) is 11.8 Å². The number of carbonyl (C=O) groups excluding carboxylic acids is 2. The fraction of sp³-hybridized carbons (Fsp3) is 0.600. The Hall–Kier alpha value is -2.32. The maximum absolute atomic E-state index is 12.8. The number of rotatable bonds is 10. The molecule has 2 amide bonds. The molecule has 0 aliphatic carbocycles. The van der Waals surface area contributed by atoms with Crippen molar-refractivity contribution in [3.8, 4) is 11.5 Å². The molecule has 0 aromatic heterocycles. The molecule has 0 unspecified atom stereocenters. The summed E-state index contributed by atoms with van der Waals surface area (Å²) in [5.41, 5.74) is 0.574. The monoisotopic (exact) mass is 393 g/mol. The number of piperazine rings is 1. The maximum Gasteiger partial charge on any atom is 0.254 e. The van der Waals surface area contributed by atoms with Gasteiger partial charge in [-0.05, 0) is 31.5 Å². The first-order chi connectivity index (χ1) is 13.6. The lowest BCUT2D eigenvalue weighted by molar-refractivity contribution is -0.122. The lowest BCUT2D eigenvalue weighted by atomic mass is 10.1. The molecule has 2 rings (SSSR count). The van der Waals surface area contributed by atoms with Crippen molar-refractivity contribution in [1.82, 2.24) is 15.1 Å². The summed E-state index contributed by atoms with van der Waals surface area (Å²) in [6.07, 6.45) is 0.802. The molecule has 1 aromatic rings. The number of hydrogen-bond acceptors (Lipinski definition) is 6. The van der Waals surface area contributed by atoms with Gasteiger partial charge in [0.1, 0.15) is 0 Å². The van der Waals surface area contributed by atoms with E-state index in [9.17, 15) is 9.59 Å². The number of hydrogen-bond donors (Lipinski definition) is 1. The molecule has 1 aliphatic rings. The van der Waals surface area contributed by atoms with Gasteiger partial charge >= 0.3 is 0 Å². The Bertz CT molecular complexity index is 645. The third kappa shape index (κ3) is 6.38. The zero-order chi connectivity index (χ0) is 20.4. The van der Waals surface area contributed by atoms with Crippen LogP contribution in [0.25, 0.3) is 0 Å². The highest BCUT2D eigenvalue weighted by Crippen LogP contribution is 2.28. The van der Waals surface area contributed by atoms with Gasteiger partial charge in [-0.1, -0.05) is 0 Å². The number of benzene rings is 1. The Morgan fingerprint density at radius 3 is 2.50 bits per heavy atom.